The summed E-state index contributed by atoms with van der Waals surface area (Å²) >= 11 is 6.08. The van der Waals surface area contributed by atoms with E-state index in [4.69, 9.17) is 11.6 Å². The lowest BCUT2D eigenvalue weighted by atomic mass is 9.83. The Hall–Kier alpha value is -1.11. The predicted molar refractivity (Wildman–Crippen MR) is 97.7 cm³/mol. The minimum atomic E-state index is -1.22. The number of nitrogens with zero attached hydrogens (tertiary/aromatic N) is 1. The SMILES string of the molecule is CC(C)(C)S(=O)NC1(Cc2cccc(Cl)c2)CCN(C(=O)O)CC1. The topological polar surface area (TPSA) is 69.6 Å². The number of nitrogens with one attached hydrogen (secondary N) is 1. The van der Waals surface area contributed by atoms with Gasteiger partial charge in [0.2, 0.25) is 0 Å². The molecule has 1 amide bonds. The van der Waals surface area contributed by atoms with E-state index < -0.39 is 22.6 Å². The van der Waals surface area contributed by atoms with Gasteiger partial charge in [0.1, 0.15) is 0 Å². The highest BCUT2D eigenvalue weighted by Crippen LogP contribution is 2.29. The van der Waals surface area contributed by atoms with Gasteiger partial charge in [0.05, 0.1) is 15.7 Å². The number of carboxylic acid groups (broad SMARTS) is 1. The quantitative estimate of drug-likeness (QED) is 0.850. The monoisotopic (exact) mass is 372 g/mol. The van der Waals surface area contributed by atoms with E-state index in [2.05, 4.69) is 4.72 Å². The lowest BCUT2D eigenvalue weighted by Crippen LogP contribution is -2.57. The van der Waals surface area contributed by atoms with Gasteiger partial charge >= 0.3 is 6.09 Å². The van der Waals surface area contributed by atoms with Crippen molar-refractivity contribution in [2.45, 2.75) is 50.3 Å². The maximum Gasteiger partial charge on any atom is 0.407 e. The molecule has 1 saturated heterocycles. The van der Waals surface area contributed by atoms with Crippen LogP contribution in [0.1, 0.15) is 39.2 Å². The molecule has 1 heterocycles. The van der Waals surface area contributed by atoms with Crippen molar-refractivity contribution in [1.29, 1.82) is 0 Å². The van der Waals surface area contributed by atoms with Crippen molar-refractivity contribution < 1.29 is 14.1 Å². The number of rotatable bonds is 4. The number of likely N-dealkylation sites (tertiary alicyclic amines) is 1. The minimum Gasteiger partial charge on any atom is -0.465 e. The van der Waals surface area contributed by atoms with Crippen LogP contribution < -0.4 is 4.72 Å². The second-order valence-corrected chi connectivity index (χ2v) is 9.74. The summed E-state index contributed by atoms with van der Waals surface area (Å²) in [5, 5.41) is 9.84. The van der Waals surface area contributed by atoms with Crippen molar-refractivity contribution in [3.05, 3.63) is 34.9 Å². The summed E-state index contributed by atoms with van der Waals surface area (Å²) in [5.41, 5.74) is 0.666. The highest BCUT2D eigenvalue weighted by atomic mass is 35.5. The van der Waals surface area contributed by atoms with Crippen LogP contribution in [0.4, 0.5) is 4.79 Å². The molecule has 1 fully saturated rings. The van der Waals surface area contributed by atoms with Gasteiger partial charge in [-0.3, -0.25) is 0 Å². The van der Waals surface area contributed by atoms with E-state index in [0.29, 0.717) is 37.4 Å². The fraction of sp³-hybridized carbons (Fsp3) is 0.588. The van der Waals surface area contributed by atoms with E-state index in [9.17, 15) is 14.1 Å². The van der Waals surface area contributed by atoms with Crippen molar-refractivity contribution in [3.8, 4) is 0 Å². The van der Waals surface area contributed by atoms with Gasteiger partial charge in [0, 0.05) is 23.7 Å². The van der Waals surface area contributed by atoms with Crippen LogP contribution in [0.15, 0.2) is 24.3 Å². The second-order valence-electron chi connectivity index (χ2n) is 7.34. The Morgan fingerprint density at radius 2 is 2.00 bits per heavy atom. The molecular weight excluding hydrogens is 348 g/mol. The van der Waals surface area contributed by atoms with E-state index in [-0.39, 0.29) is 4.75 Å². The molecule has 134 valence electrons. The molecule has 1 atom stereocenters. The fourth-order valence-corrected chi connectivity index (χ4v) is 4.02. The number of hydrogen-bond donors (Lipinski definition) is 2. The lowest BCUT2D eigenvalue weighted by Gasteiger charge is -2.42. The van der Waals surface area contributed by atoms with Crippen LogP contribution in [-0.2, 0) is 17.4 Å². The molecule has 0 aliphatic carbocycles. The summed E-state index contributed by atoms with van der Waals surface area (Å²) in [6, 6.07) is 7.64. The summed E-state index contributed by atoms with van der Waals surface area (Å²) in [4.78, 5) is 12.6. The molecule has 2 rings (SSSR count). The van der Waals surface area contributed by atoms with Gasteiger partial charge in [-0.05, 0) is 57.7 Å². The third kappa shape index (κ3) is 4.94. The van der Waals surface area contributed by atoms with Gasteiger partial charge in [-0.2, -0.15) is 0 Å². The molecule has 0 bridgehead atoms. The summed E-state index contributed by atoms with van der Waals surface area (Å²) < 4.78 is 15.6. The first-order chi connectivity index (χ1) is 11.1. The van der Waals surface area contributed by atoms with Crippen LogP contribution in [0.2, 0.25) is 5.02 Å². The molecule has 7 heteroatoms. The van der Waals surface area contributed by atoms with Gasteiger partial charge in [0.25, 0.3) is 0 Å². The zero-order chi connectivity index (χ0) is 18.0. The summed E-state index contributed by atoms with van der Waals surface area (Å²) in [5.74, 6) is 0. The van der Waals surface area contributed by atoms with Crippen molar-refractivity contribution >= 4 is 28.7 Å². The Morgan fingerprint density at radius 3 is 2.50 bits per heavy atom. The molecule has 0 spiro atoms. The Bertz CT molecular complexity index is 623. The average molecular weight is 373 g/mol. The van der Waals surface area contributed by atoms with Crippen LogP contribution in [0.3, 0.4) is 0 Å². The zero-order valence-corrected chi connectivity index (χ0v) is 15.9. The van der Waals surface area contributed by atoms with Crippen molar-refractivity contribution in [3.63, 3.8) is 0 Å². The van der Waals surface area contributed by atoms with E-state index in [1.165, 1.54) is 4.90 Å². The maximum atomic E-state index is 12.7. The first kappa shape index (κ1) is 19.2. The molecule has 0 saturated carbocycles. The highest BCUT2D eigenvalue weighted by Gasteiger charge is 2.39. The van der Waals surface area contributed by atoms with Crippen molar-refractivity contribution in [2.75, 3.05) is 13.1 Å². The van der Waals surface area contributed by atoms with Crippen molar-refractivity contribution in [1.82, 2.24) is 9.62 Å². The molecule has 1 unspecified atom stereocenters. The number of hydrogen-bond acceptors (Lipinski definition) is 2. The normalized spacial score (nSPS) is 19.1. The number of carbonyl (C=O) groups is 1. The standard InChI is InChI=1S/C17H25ClN2O3S/c1-16(2,3)24(23)19-17(7-9-20(10-8-17)15(21)22)12-13-5-4-6-14(18)11-13/h4-6,11,19H,7-10,12H2,1-3H3,(H,21,22). The van der Waals surface area contributed by atoms with Gasteiger partial charge < -0.3 is 10.0 Å². The first-order valence-electron chi connectivity index (χ1n) is 8.03. The molecule has 1 aliphatic heterocycles. The number of halogens is 1. The number of amides is 1. The molecule has 24 heavy (non-hydrogen) atoms. The number of piperidine rings is 1. The van der Waals surface area contributed by atoms with Crippen LogP contribution >= 0.6 is 11.6 Å². The van der Waals surface area contributed by atoms with Crippen LogP contribution in [0.5, 0.6) is 0 Å². The van der Waals surface area contributed by atoms with Gasteiger partial charge in [-0.25, -0.2) is 13.7 Å². The Kier molecular flexibility index (Phi) is 5.94. The molecule has 1 aromatic rings. The molecule has 1 aliphatic rings. The third-order valence-electron chi connectivity index (χ3n) is 4.29. The Labute approximate surface area is 151 Å². The zero-order valence-electron chi connectivity index (χ0n) is 14.3. The van der Waals surface area contributed by atoms with E-state index in [1.807, 2.05) is 45.0 Å². The highest BCUT2D eigenvalue weighted by molar-refractivity contribution is 7.84. The van der Waals surface area contributed by atoms with Gasteiger partial charge in [0.15, 0.2) is 0 Å². The summed E-state index contributed by atoms with van der Waals surface area (Å²) in [6.45, 7) is 6.65. The fourth-order valence-electron chi connectivity index (χ4n) is 2.83. The smallest absolute Gasteiger partial charge is 0.407 e. The minimum absolute atomic E-state index is 0.384. The summed E-state index contributed by atoms with van der Waals surface area (Å²) in [7, 11) is -1.22. The van der Waals surface area contributed by atoms with E-state index in [1.54, 1.807) is 0 Å². The van der Waals surface area contributed by atoms with Crippen LogP contribution in [-0.4, -0.2) is 43.7 Å². The molecular formula is C17H25ClN2O3S. The summed E-state index contributed by atoms with van der Waals surface area (Å²) in [6.07, 6.45) is 1.01. The molecule has 0 aromatic heterocycles. The molecule has 5 nitrogen and oxygen atoms in total. The Balaban J connectivity index is 2.22. The predicted octanol–water partition coefficient (Wildman–Crippen LogP) is 3.45. The molecule has 2 N–H and O–H groups in total. The first-order valence-corrected chi connectivity index (χ1v) is 9.56. The Morgan fingerprint density at radius 1 is 1.38 bits per heavy atom. The largest absolute Gasteiger partial charge is 0.465 e. The average Bonchev–Trinajstić information content (AvgIpc) is 2.46. The van der Waals surface area contributed by atoms with E-state index >= 15 is 0 Å². The van der Waals surface area contributed by atoms with Crippen molar-refractivity contribution in [2.24, 2.45) is 0 Å². The maximum absolute atomic E-state index is 12.7. The molecule has 1 aromatic carbocycles. The van der Waals surface area contributed by atoms with Gasteiger partial charge in [-0.1, -0.05) is 23.7 Å². The van der Waals surface area contributed by atoms with Crippen LogP contribution in [0.25, 0.3) is 0 Å². The third-order valence-corrected chi connectivity index (χ3v) is 6.25. The van der Waals surface area contributed by atoms with Crippen LogP contribution in [0, 0.1) is 0 Å². The molecule has 0 radical (unpaired) electrons. The van der Waals surface area contributed by atoms with E-state index in [0.717, 1.165) is 5.56 Å². The second kappa shape index (κ2) is 7.42. The number of benzene rings is 1. The lowest BCUT2D eigenvalue weighted by molar-refractivity contribution is 0.114. The van der Waals surface area contributed by atoms with Gasteiger partial charge in [-0.15, -0.1) is 0 Å².